The molecule has 35 heavy (non-hydrogen) atoms. The van der Waals surface area contributed by atoms with Crippen molar-refractivity contribution in [2.24, 2.45) is 0 Å². The summed E-state index contributed by atoms with van der Waals surface area (Å²) < 4.78 is 29.3. The Labute approximate surface area is 203 Å². The van der Waals surface area contributed by atoms with Gasteiger partial charge in [-0.25, -0.2) is 0 Å². The molecule has 0 spiro atoms. The minimum absolute atomic E-state index is 0.192. The molecule has 0 saturated carbocycles. The van der Waals surface area contributed by atoms with Crippen molar-refractivity contribution in [3.05, 3.63) is 58.0 Å². The predicted octanol–water partition coefficient (Wildman–Crippen LogP) is 5.30. The predicted molar refractivity (Wildman–Crippen MR) is 132 cm³/mol. The van der Waals surface area contributed by atoms with Gasteiger partial charge < -0.3 is 23.4 Å². The molecule has 0 N–H and O–H groups in total. The van der Waals surface area contributed by atoms with Gasteiger partial charge in [0.25, 0.3) is 0 Å². The molecule has 0 unspecified atom stereocenters. The van der Waals surface area contributed by atoms with Crippen LogP contribution in [0.1, 0.15) is 45.7 Å². The maximum Gasteiger partial charge on any atom is 0.303 e. The number of ether oxygens (including phenoxy) is 4. The molecule has 3 heterocycles. The van der Waals surface area contributed by atoms with Crippen LogP contribution in [0.4, 0.5) is 0 Å². The molecule has 0 bridgehead atoms. The van der Waals surface area contributed by atoms with Gasteiger partial charge in [-0.1, -0.05) is 0 Å². The molecule has 0 radical (unpaired) electrons. The number of fused-ring (bicyclic) bond motifs is 3. The van der Waals surface area contributed by atoms with E-state index >= 15 is 0 Å². The maximum absolute atomic E-state index is 13.6. The third-order valence-corrected chi connectivity index (χ3v) is 6.49. The number of hydrogen-bond acceptors (Lipinski definition) is 7. The molecule has 3 aromatic rings. The van der Waals surface area contributed by atoms with E-state index in [2.05, 4.69) is 0 Å². The van der Waals surface area contributed by atoms with Crippen molar-refractivity contribution < 1.29 is 28.2 Å². The Kier molecular flexibility index (Phi) is 5.20. The molecule has 1 atom stereocenters. The van der Waals surface area contributed by atoms with Gasteiger partial charge in [0.15, 0.2) is 0 Å². The second kappa shape index (κ2) is 7.90. The lowest BCUT2D eigenvalue weighted by Gasteiger charge is -2.39. The summed E-state index contributed by atoms with van der Waals surface area (Å²) in [6.45, 7) is 9.06. The number of rotatable bonds is 3. The zero-order valence-corrected chi connectivity index (χ0v) is 20.7. The summed E-state index contributed by atoms with van der Waals surface area (Å²) in [6.07, 6.45) is 5.32. The zero-order valence-electron chi connectivity index (χ0n) is 20.7. The lowest BCUT2D eigenvalue weighted by molar-refractivity contribution is -0.158. The van der Waals surface area contributed by atoms with E-state index in [1.165, 1.54) is 13.2 Å². The van der Waals surface area contributed by atoms with E-state index in [-0.39, 0.29) is 11.4 Å². The minimum atomic E-state index is -0.715. The van der Waals surface area contributed by atoms with Crippen molar-refractivity contribution in [1.29, 1.82) is 0 Å². The number of carbonyl (C=O) groups excluding carboxylic acids is 1. The van der Waals surface area contributed by atoms with E-state index < -0.39 is 17.3 Å². The number of carbonyl (C=O) groups is 1. The fourth-order valence-electron chi connectivity index (χ4n) is 4.68. The lowest BCUT2D eigenvalue weighted by Crippen LogP contribution is -2.48. The molecular weight excluding hydrogens is 448 g/mol. The molecule has 2 aromatic carbocycles. The van der Waals surface area contributed by atoms with Crippen LogP contribution in [0, 0.1) is 0 Å². The van der Waals surface area contributed by atoms with Gasteiger partial charge in [-0.05, 0) is 63.6 Å². The maximum atomic E-state index is 13.6. The van der Waals surface area contributed by atoms with Crippen LogP contribution in [0.15, 0.2) is 45.8 Å². The molecule has 5 rings (SSSR count). The molecule has 0 aliphatic carbocycles. The largest absolute Gasteiger partial charge is 0.495 e. The molecule has 7 heteroatoms. The van der Waals surface area contributed by atoms with Gasteiger partial charge in [0.2, 0.25) is 5.43 Å². The molecule has 2 aliphatic rings. The van der Waals surface area contributed by atoms with Crippen molar-refractivity contribution in [1.82, 2.24) is 0 Å². The van der Waals surface area contributed by atoms with Crippen LogP contribution in [-0.4, -0.2) is 30.4 Å². The molecule has 2 aliphatic heterocycles. The van der Waals surface area contributed by atoms with Gasteiger partial charge in [0.05, 0.1) is 23.6 Å². The van der Waals surface area contributed by atoms with Gasteiger partial charge in [0.1, 0.15) is 46.4 Å². The average molecular weight is 477 g/mol. The van der Waals surface area contributed by atoms with E-state index in [0.29, 0.717) is 45.8 Å². The minimum Gasteiger partial charge on any atom is -0.495 e. The summed E-state index contributed by atoms with van der Waals surface area (Å²) in [7, 11) is 1.57. The second-order valence-corrected chi connectivity index (χ2v) is 10.0. The Morgan fingerprint density at radius 1 is 1.06 bits per heavy atom. The van der Waals surface area contributed by atoms with Crippen LogP contribution in [0.5, 0.6) is 17.2 Å². The van der Waals surface area contributed by atoms with Gasteiger partial charge in [0, 0.05) is 25.0 Å². The SMILES string of the molecule is COc1c(-c2coc3cc4c(cc3c2=O)C[C@@H](OC(C)=O)C(C)(C)O4)ccc2c1C=CC(C)(C)O2. The Morgan fingerprint density at radius 2 is 1.83 bits per heavy atom. The smallest absolute Gasteiger partial charge is 0.303 e. The summed E-state index contributed by atoms with van der Waals surface area (Å²) >= 11 is 0. The molecule has 182 valence electrons. The molecular formula is C28H28O7. The molecule has 1 aromatic heterocycles. The Hall–Kier alpha value is -3.74. The van der Waals surface area contributed by atoms with E-state index in [9.17, 15) is 9.59 Å². The van der Waals surface area contributed by atoms with Crippen molar-refractivity contribution in [2.75, 3.05) is 7.11 Å². The van der Waals surface area contributed by atoms with Crippen molar-refractivity contribution in [3.8, 4) is 28.4 Å². The van der Waals surface area contributed by atoms with Gasteiger partial charge in [-0.3, -0.25) is 9.59 Å². The Bertz CT molecular complexity index is 1440. The third kappa shape index (κ3) is 3.95. The first-order valence-corrected chi connectivity index (χ1v) is 11.5. The quantitative estimate of drug-likeness (QED) is 0.475. The molecule has 0 saturated heterocycles. The van der Waals surface area contributed by atoms with Crippen LogP contribution in [-0.2, 0) is 16.0 Å². The molecule has 0 fully saturated rings. The van der Waals surface area contributed by atoms with E-state index in [1.54, 1.807) is 19.2 Å². The normalized spacial score (nSPS) is 19.2. The molecule has 0 amide bonds. The Balaban J connectivity index is 1.63. The molecule has 7 nitrogen and oxygen atoms in total. The first-order valence-electron chi connectivity index (χ1n) is 11.5. The van der Waals surface area contributed by atoms with Crippen LogP contribution >= 0.6 is 0 Å². The number of hydrogen-bond donors (Lipinski definition) is 0. The van der Waals surface area contributed by atoms with Crippen LogP contribution in [0.25, 0.3) is 28.2 Å². The monoisotopic (exact) mass is 476 g/mol. The van der Waals surface area contributed by atoms with Crippen LogP contribution < -0.4 is 19.6 Å². The van der Waals surface area contributed by atoms with Gasteiger partial charge >= 0.3 is 5.97 Å². The summed E-state index contributed by atoms with van der Waals surface area (Å²) in [6, 6.07) is 7.15. The summed E-state index contributed by atoms with van der Waals surface area (Å²) in [5.74, 6) is 1.46. The first kappa shape index (κ1) is 23.0. The highest BCUT2D eigenvalue weighted by molar-refractivity contribution is 5.87. The standard InChI is InChI=1S/C28H28O7/c1-15(29)33-24-12-16-11-19-23(13-22(16)35-28(24,4)5)32-14-20(25(19)30)17-7-8-21-18(26(17)31-6)9-10-27(2,3)34-21/h7-11,13-14,24H,12H2,1-6H3/t24-/m1/s1. The van der Waals surface area contributed by atoms with E-state index in [4.69, 9.17) is 23.4 Å². The van der Waals surface area contributed by atoms with Crippen molar-refractivity contribution in [3.63, 3.8) is 0 Å². The fourth-order valence-corrected chi connectivity index (χ4v) is 4.68. The highest BCUT2D eigenvalue weighted by Crippen LogP contribution is 2.43. The highest BCUT2D eigenvalue weighted by atomic mass is 16.6. The average Bonchev–Trinajstić information content (AvgIpc) is 2.77. The Morgan fingerprint density at radius 3 is 2.54 bits per heavy atom. The van der Waals surface area contributed by atoms with Gasteiger partial charge in [-0.2, -0.15) is 0 Å². The van der Waals surface area contributed by atoms with Gasteiger partial charge in [-0.15, -0.1) is 0 Å². The number of methoxy groups -OCH3 is 1. The van der Waals surface area contributed by atoms with E-state index in [1.807, 2.05) is 52.0 Å². The van der Waals surface area contributed by atoms with Crippen molar-refractivity contribution in [2.45, 2.75) is 58.3 Å². The highest BCUT2D eigenvalue weighted by Gasteiger charge is 2.40. The second-order valence-electron chi connectivity index (χ2n) is 10.0. The van der Waals surface area contributed by atoms with E-state index in [0.717, 1.165) is 11.1 Å². The zero-order chi connectivity index (χ0) is 25.1. The topological polar surface area (TPSA) is 84.2 Å². The number of esters is 1. The van der Waals surface area contributed by atoms with Crippen molar-refractivity contribution >= 4 is 23.0 Å². The first-order chi connectivity index (χ1) is 16.5. The van der Waals surface area contributed by atoms with Crippen LogP contribution in [0.3, 0.4) is 0 Å². The van der Waals surface area contributed by atoms with Crippen LogP contribution in [0.2, 0.25) is 0 Å². The third-order valence-electron chi connectivity index (χ3n) is 6.49. The lowest BCUT2D eigenvalue weighted by atomic mass is 9.90. The fraction of sp³-hybridized carbons (Fsp3) is 0.357. The summed E-state index contributed by atoms with van der Waals surface area (Å²) in [5.41, 5.74) is 1.63. The summed E-state index contributed by atoms with van der Waals surface area (Å²) in [5, 5.41) is 0.416. The summed E-state index contributed by atoms with van der Waals surface area (Å²) in [4.78, 5) is 25.3. The number of benzene rings is 2.